The van der Waals surface area contributed by atoms with Crippen LogP contribution in [0.25, 0.3) is 0 Å². The van der Waals surface area contributed by atoms with E-state index in [2.05, 4.69) is 5.32 Å². The molecule has 2 N–H and O–H groups in total. The number of carbonyl (C=O) groups excluding carboxylic acids is 2. The molecule has 0 saturated carbocycles. The molecule has 1 fully saturated rings. The molecule has 2 amide bonds. The highest BCUT2D eigenvalue weighted by Gasteiger charge is 2.55. The SMILES string of the molecule is C/C=C\C1=C(C(=O)O)N2C(=O)[C@@H](c3ccccc3)[C@H]2SC1NC(C)=O. The zero-order chi connectivity index (χ0) is 18.1. The fraction of sp³-hybridized carbons (Fsp3) is 0.278. The van der Waals surface area contributed by atoms with Crippen LogP contribution in [-0.2, 0) is 14.4 Å². The number of carboxylic acid groups (broad SMARTS) is 1. The number of carbonyl (C=O) groups is 3. The third kappa shape index (κ3) is 2.95. The van der Waals surface area contributed by atoms with Crippen molar-refractivity contribution in [1.82, 2.24) is 10.2 Å². The summed E-state index contributed by atoms with van der Waals surface area (Å²) in [6, 6.07) is 9.29. The highest BCUT2D eigenvalue weighted by atomic mass is 32.2. The van der Waals surface area contributed by atoms with Gasteiger partial charge in [0.15, 0.2) is 0 Å². The molecule has 25 heavy (non-hydrogen) atoms. The van der Waals surface area contributed by atoms with Crippen molar-refractivity contribution >= 4 is 29.5 Å². The summed E-state index contributed by atoms with van der Waals surface area (Å²) in [6.45, 7) is 3.15. The predicted molar refractivity (Wildman–Crippen MR) is 94.5 cm³/mol. The van der Waals surface area contributed by atoms with E-state index < -0.39 is 17.3 Å². The Hall–Kier alpha value is -2.54. The van der Waals surface area contributed by atoms with Crippen LogP contribution in [-0.4, -0.2) is 38.5 Å². The fourth-order valence-corrected chi connectivity index (χ4v) is 4.76. The second kappa shape index (κ2) is 6.76. The van der Waals surface area contributed by atoms with Gasteiger partial charge in [0.25, 0.3) is 0 Å². The normalized spacial score (nSPS) is 25.6. The molecule has 2 heterocycles. The molecule has 0 radical (unpaired) electrons. The van der Waals surface area contributed by atoms with Gasteiger partial charge < -0.3 is 10.4 Å². The molecule has 0 spiro atoms. The summed E-state index contributed by atoms with van der Waals surface area (Å²) in [5.41, 5.74) is 1.21. The molecular weight excluding hydrogens is 340 g/mol. The summed E-state index contributed by atoms with van der Waals surface area (Å²) in [5.74, 6) is -2.07. The van der Waals surface area contributed by atoms with Gasteiger partial charge in [-0.15, -0.1) is 11.8 Å². The summed E-state index contributed by atoms with van der Waals surface area (Å²) in [5, 5.41) is 11.6. The quantitative estimate of drug-likeness (QED) is 0.805. The summed E-state index contributed by atoms with van der Waals surface area (Å²) < 4.78 is 0. The first kappa shape index (κ1) is 17.3. The molecule has 1 aromatic rings. The second-order valence-corrected chi connectivity index (χ2v) is 7.04. The molecule has 130 valence electrons. The number of benzene rings is 1. The van der Waals surface area contributed by atoms with Gasteiger partial charge in [-0.3, -0.25) is 14.5 Å². The molecule has 2 aliphatic heterocycles. The van der Waals surface area contributed by atoms with E-state index in [-0.39, 0.29) is 22.9 Å². The van der Waals surface area contributed by atoms with Gasteiger partial charge in [0.05, 0.1) is 5.92 Å². The molecular formula is C18H18N2O4S. The van der Waals surface area contributed by atoms with E-state index in [0.29, 0.717) is 5.57 Å². The van der Waals surface area contributed by atoms with Gasteiger partial charge in [-0.2, -0.15) is 0 Å². The second-order valence-electron chi connectivity index (χ2n) is 5.81. The van der Waals surface area contributed by atoms with Crippen molar-refractivity contribution in [3.05, 3.63) is 59.3 Å². The number of allylic oxidation sites excluding steroid dienone is 1. The zero-order valence-electron chi connectivity index (χ0n) is 13.8. The third-order valence-electron chi connectivity index (χ3n) is 4.16. The zero-order valence-corrected chi connectivity index (χ0v) is 14.6. The largest absolute Gasteiger partial charge is 0.477 e. The third-order valence-corrected chi connectivity index (χ3v) is 5.56. The number of amides is 2. The Kier molecular flexibility index (Phi) is 4.67. The van der Waals surface area contributed by atoms with Gasteiger partial charge >= 0.3 is 5.97 Å². The monoisotopic (exact) mass is 358 g/mol. The van der Waals surface area contributed by atoms with Crippen LogP contribution in [0.15, 0.2) is 53.8 Å². The van der Waals surface area contributed by atoms with Crippen LogP contribution in [0.2, 0.25) is 0 Å². The maximum Gasteiger partial charge on any atom is 0.353 e. The van der Waals surface area contributed by atoms with Crippen LogP contribution in [0.3, 0.4) is 0 Å². The lowest BCUT2D eigenvalue weighted by molar-refractivity contribution is -0.148. The van der Waals surface area contributed by atoms with Gasteiger partial charge in [0.2, 0.25) is 11.8 Å². The van der Waals surface area contributed by atoms with Crippen molar-refractivity contribution in [2.75, 3.05) is 0 Å². The molecule has 7 heteroatoms. The number of rotatable bonds is 4. The molecule has 0 bridgehead atoms. The van der Waals surface area contributed by atoms with Crippen LogP contribution >= 0.6 is 11.8 Å². The van der Waals surface area contributed by atoms with E-state index in [4.69, 9.17) is 0 Å². The van der Waals surface area contributed by atoms with E-state index in [0.717, 1.165) is 5.56 Å². The minimum absolute atomic E-state index is 0.0576. The summed E-state index contributed by atoms with van der Waals surface area (Å²) in [4.78, 5) is 37.4. The molecule has 1 unspecified atom stereocenters. The number of carboxylic acids is 1. The van der Waals surface area contributed by atoms with E-state index in [1.807, 2.05) is 30.3 Å². The lowest BCUT2D eigenvalue weighted by Gasteiger charge is -2.51. The van der Waals surface area contributed by atoms with Crippen LogP contribution in [0.4, 0.5) is 0 Å². The lowest BCUT2D eigenvalue weighted by Crippen LogP contribution is -2.62. The number of hydrogen-bond acceptors (Lipinski definition) is 4. The first-order valence-corrected chi connectivity index (χ1v) is 8.80. The number of nitrogens with one attached hydrogen (secondary N) is 1. The van der Waals surface area contributed by atoms with E-state index in [9.17, 15) is 19.5 Å². The van der Waals surface area contributed by atoms with Gasteiger partial charge in [0.1, 0.15) is 16.4 Å². The number of hydrogen-bond donors (Lipinski definition) is 2. The summed E-state index contributed by atoms with van der Waals surface area (Å²) in [7, 11) is 0. The average Bonchev–Trinajstić information content (AvgIpc) is 2.56. The Labute approximate surface area is 149 Å². The molecule has 3 atom stereocenters. The first-order valence-electron chi connectivity index (χ1n) is 7.86. The van der Waals surface area contributed by atoms with Gasteiger partial charge in [-0.25, -0.2) is 4.79 Å². The summed E-state index contributed by atoms with van der Waals surface area (Å²) in [6.07, 6.45) is 3.34. The standard InChI is InChI=1S/C18H18N2O4S/c1-3-7-12-14(18(23)24)20-16(22)13(11-8-5-4-6-9-11)17(20)25-15(12)19-10(2)21/h3-9,13,15,17H,1-2H3,(H,19,21)(H,23,24)/b7-3-/t13-,15?,17-/m1/s1. The van der Waals surface area contributed by atoms with E-state index in [1.54, 1.807) is 19.1 Å². The minimum Gasteiger partial charge on any atom is -0.477 e. The predicted octanol–water partition coefficient (Wildman–Crippen LogP) is 2.06. The van der Waals surface area contributed by atoms with Crippen molar-refractivity contribution < 1.29 is 19.5 Å². The number of fused-ring (bicyclic) bond motifs is 1. The maximum atomic E-state index is 12.7. The van der Waals surface area contributed by atoms with Crippen molar-refractivity contribution in [3.63, 3.8) is 0 Å². The number of aliphatic carboxylic acids is 1. The molecule has 0 aromatic heterocycles. The number of thioether (sulfide) groups is 1. The van der Waals surface area contributed by atoms with Crippen molar-refractivity contribution in [3.8, 4) is 0 Å². The van der Waals surface area contributed by atoms with Gasteiger partial charge in [0, 0.05) is 12.5 Å². The molecule has 1 saturated heterocycles. The Morgan fingerprint density at radius 3 is 2.52 bits per heavy atom. The summed E-state index contributed by atoms with van der Waals surface area (Å²) >= 11 is 1.39. The first-order chi connectivity index (χ1) is 12.0. The van der Waals surface area contributed by atoms with Gasteiger partial charge in [-0.05, 0) is 12.5 Å². The Bertz CT molecular complexity index is 788. The molecule has 1 aromatic carbocycles. The van der Waals surface area contributed by atoms with Crippen LogP contribution in [0, 0.1) is 0 Å². The molecule has 6 nitrogen and oxygen atoms in total. The molecule has 3 rings (SSSR count). The van der Waals surface area contributed by atoms with Crippen molar-refractivity contribution in [1.29, 1.82) is 0 Å². The van der Waals surface area contributed by atoms with Crippen molar-refractivity contribution in [2.24, 2.45) is 0 Å². The smallest absolute Gasteiger partial charge is 0.353 e. The number of nitrogens with zero attached hydrogens (tertiary/aromatic N) is 1. The Morgan fingerprint density at radius 1 is 1.28 bits per heavy atom. The van der Waals surface area contributed by atoms with Crippen LogP contribution < -0.4 is 5.32 Å². The van der Waals surface area contributed by atoms with E-state index in [1.165, 1.54) is 23.6 Å². The van der Waals surface area contributed by atoms with Crippen molar-refractivity contribution in [2.45, 2.75) is 30.5 Å². The lowest BCUT2D eigenvalue weighted by atomic mass is 9.88. The van der Waals surface area contributed by atoms with Gasteiger partial charge in [-0.1, -0.05) is 42.5 Å². The minimum atomic E-state index is -1.17. The molecule has 2 aliphatic rings. The fourth-order valence-electron chi connectivity index (χ4n) is 3.15. The highest BCUT2D eigenvalue weighted by Crippen LogP contribution is 2.50. The average molecular weight is 358 g/mol. The highest BCUT2D eigenvalue weighted by molar-refractivity contribution is 8.00. The topological polar surface area (TPSA) is 86.7 Å². The maximum absolute atomic E-state index is 12.7. The Morgan fingerprint density at radius 2 is 1.96 bits per heavy atom. The molecule has 0 aliphatic carbocycles. The van der Waals surface area contributed by atoms with E-state index >= 15 is 0 Å². The number of β-lactam (4-membered cyclic amide) rings is 1. The Balaban J connectivity index is 2.05. The van der Waals surface area contributed by atoms with Crippen LogP contribution in [0.1, 0.15) is 25.3 Å². The van der Waals surface area contributed by atoms with Crippen LogP contribution in [0.5, 0.6) is 0 Å².